The summed E-state index contributed by atoms with van der Waals surface area (Å²) in [6, 6.07) is 17.2. The first-order valence-electron chi connectivity index (χ1n) is 8.18. The van der Waals surface area contributed by atoms with E-state index in [4.69, 9.17) is 4.74 Å². The zero-order chi connectivity index (χ0) is 18.6. The second kappa shape index (κ2) is 7.09. The quantitative estimate of drug-likeness (QED) is 0.447. The van der Waals surface area contributed by atoms with E-state index in [-0.39, 0.29) is 11.5 Å². The van der Waals surface area contributed by atoms with E-state index in [1.54, 1.807) is 67.0 Å². The van der Waals surface area contributed by atoms with Gasteiger partial charge in [-0.05, 0) is 42.5 Å². The predicted octanol–water partition coefficient (Wildman–Crippen LogP) is 3.20. The van der Waals surface area contributed by atoms with Crippen molar-refractivity contribution < 1.29 is 14.3 Å². The minimum absolute atomic E-state index is 0.210. The van der Waals surface area contributed by atoms with Gasteiger partial charge in [-0.15, -0.1) is 0 Å². The summed E-state index contributed by atoms with van der Waals surface area (Å²) in [7, 11) is 0. The summed E-state index contributed by atoms with van der Waals surface area (Å²) in [5.41, 5.74) is 1.86. The Balaban J connectivity index is 1.45. The molecule has 4 rings (SSSR count). The zero-order valence-corrected chi connectivity index (χ0v) is 14.1. The first kappa shape index (κ1) is 16.5. The standard InChI is InChI=1S/C20H14N4O3/c25-19(14-5-2-1-3-6-14)23-15-7-9-16(10-8-15)27-20(26)17-13-22-24-12-4-11-21-18(17)24/h1-13H,(H,23,25). The molecular weight excluding hydrogens is 344 g/mol. The van der Waals surface area contributed by atoms with Crippen LogP contribution in [0.3, 0.4) is 0 Å². The maximum atomic E-state index is 12.4. The molecule has 7 nitrogen and oxygen atoms in total. The average molecular weight is 358 g/mol. The van der Waals surface area contributed by atoms with E-state index in [0.717, 1.165) is 0 Å². The molecule has 2 aromatic carbocycles. The molecule has 27 heavy (non-hydrogen) atoms. The lowest BCUT2D eigenvalue weighted by molar-refractivity contribution is 0.0736. The molecule has 0 aliphatic rings. The number of esters is 1. The summed E-state index contributed by atoms with van der Waals surface area (Å²) in [6.45, 7) is 0. The van der Waals surface area contributed by atoms with Crippen LogP contribution in [0.2, 0.25) is 0 Å². The number of rotatable bonds is 4. The molecule has 4 aromatic rings. The van der Waals surface area contributed by atoms with Gasteiger partial charge in [-0.1, -0.05) is 18.2 Å². The smallest absolute Gasteiger partial charge is 0.349 e. The number of hydrogen-bond donors (Lipinski definition) is 1. The van der Waals surface area contributed by atoms with E-state index in [1.165, 1.54) is 10.7 Å². The maximum absolute atomic E-state index is 12.4. The SMILES string of the molecule is O=C(Nc1ccc(OC(=O)c2cnn3cccnc23)cc1)c1ccccc1. The highest BCUT2D eigenvalue weighted by molar-refractivity contribution is 6.04. The minimum Gasteiger partial charge on any atom is -0.423 e. The highest BCUT2D eigenvalue weighted by Gasteiger charge is 2.16. The van der Waals surface area contributed by atoms with Crippen LogP contribution in [0.5, 0.6) is 5.75 Å². The molecule has 7 heteroatoms. The molecule has 2 heterocycles. The Morgan fingerprint density at radius 1 is 0.963 bits per heavy atom. The largest absolute Gasteiger partial charge is 0.423 e. The highest BCUT2D eigenvalue weighted by Crippen LogP contribution is 2.18. The lowest BCUT2D eigenvalue weighted by atomic mass is 10.2. The summed E-state index contributed by atoms with van der Waals surface area (Å²) < 4.78 is 6.87. The summed E-state index contributed by atoms with van der Waals surface area (Å²) in [6.07, 6.45) is 4.69. The molecule has 0 saturated carbocycles. The molecule has 2 aromatic heterocycles. The molecule has 0 atom stereocenters. The summed E-state index contributed by atoms with van der Waals surface area (Å²) in [5.74, 6) is -0.407. The van der Waals surface area contributed by atoms with Gasteiger partial charge in [-0.3, -0.25) is 4.79 Å². The Kier molecular flexibility index (Phi) is 4.32. The average Bonchev–Trinajstić information content (AvgIpc) is 3.14. The van der Waals surface area contributed by atoms with Crippen LogP contribution < -0.4 is 10.1 Å². The van der Waals surface area contributed by atoms with Gasteiger partial charge < -0.3 is 10.1 Å². The number of aromatic nitrogens is 3. The van der Waals surface area contributed by atoms with Crippen LogP contribution in [0, 0.1) is 0 Å². The minimum atomic E-state index is -0.551. The fraction of sp³-hybridized carbons (Fsp3) is 0. The van der Waals surface area contributed by atoms with Gasteiger partial charge in [0.25, 0.3) is 5.91 Å². The third kappa shape index (κ3) is 3.52. The lowest BCUT2D eigenvalue weighted by Gasteiger charge is -2.07. The molecular formula is C20H14N4O3. The van der Waals surface area contributed by atoms with Crippen LogP contribution in [0.1, 0.15) is 20.7 Å². The van der Waals surface area contributed by atoms with Gasteiger partial charge in [0.2, 0.25) is 0 Å². The number of anilines is 1. The molecule has 0 fully saturated rings. The second-order valence-corrected chi connectivity index (χ2v) is 5.68. The van der Waals surface area contributed by atoms with Gasteiger partial charge in [0.15, 0.2) is 5.65 Å². The van der Waals surface area contributed by atoms with Gasteiger partial charge in [0.05, 0.1) is 6.20 Å². The van der Waals surface area contributed by atoms with Crippen molar-refractivity contribution in [3.63, 3.8) is 0 Å². The Morgan fingerprint density at radius 3 is 2.52 bits per heavy atom. The van der Waals surface area contributed by atoms with E-state index in [0.29, 0.717) is 22.6 Å². The van der Waals surface area contributed by atoms with Crippen LogP contribution in [0.15, 0.2) is 79.3 Å². The molecule has 0 spiro atoms. The van der Waals surface area contributed by atoms with Crippen molar-refractivity contribution in [1.29, 1.82) is 0 Å². The van der Waals surface area contributed by atoms with Crippen molar-refractivity contribution in [2.75, 3.05) is 5.32 Å². The van der Waals surface area contributed by atoms with Crippen LogP contribution >= 0.6 is 0 Å². The van der Waals surface area contributed by atoms with Crippen molar-refractivity contribution in [1.82, 2.24) is 14.6 Å². The zero-order valence-electron chi connectivity index (χ0n) is 14.1. The molecule has 0 aliphatic heterocycles. The van der Waals surface area contributed by atoms with E-state index in [1.807, 2.05) is 6.07 Å². The number of hydrogen-bond acceptors (Lipinski definition) is 5. The van der Waals surface area contributed by atoms with Gasteiger partial charge in [0.1, 0.15) is 11.3 Å². The van der Waals surface area contributed by atoms with Crippen molar-refractivity contribution in [3.8, 4) is 5.75 Å². The molecule has 0 radical (unpaired) electrons. The molecule has 0 saturated heterocycles. The second-order valence-electron chi connectivity index (χ2n) is 5.68. The van der Waals surface area contributed by atoms with Gasteiger partial charge in [0, 0.05) is 23.6 Å². The Morgan fingerprint density at radius 2 is 1.74 bits per heavy atom. The number of nitrogens with zero attached hydrogens (tertiary/aromatic N) is 3. The lowest BCUT2D eigenvalue weighted by Crippen LogP contribution is -2.12. The van der Waals surface area contributed by atoms with Gasteiger partial charge in [-0.2, -0.15) is 5.10 Å². The third-order valence-electron chi connectivity index (χ3n) is 3.86. The van der Waals surface area contributed by atoms with E-state index in [2.05, 4.69) is 15.4 Å². The number of nitrogens with one attached hydrogen (secondary N) is 1. The summed E-state index contributed by atoms with van der Waals surface area (Å²) >= 11 is 0. The number of benzene rings is 2. The number of amides is 1. The van der Waals surface area contributed by atoms with E-state index in [9.17, 15) is 9.59 Å². The Hall–Kier alpha value is -4.00. The maximum Gasteiger partial charge on any atom is 0.349 e. The third-order valence-corrected chi connectivity index (χ3v) is 3.86. The van der Waals surface area contributed by atoms with Gasteiger partial charge >= 0.3 is 5.97 Å². The topological polar surface area (TPSA) is 85.6 Å². The van der Waals surface area contributed by atoms with Crippen LogP contribution in [0.25, 0.3) is 5.65 Å². The van der Waals surface area contributed by atoms with Crippen molar-refractivity contribution in [3.05, 3.63) is 90.4 Å². The van der Waals surface area contributed by atoms with Crippen LogP contribution in [-0.2, 0) is 0 Å². The molecule has 0 aliphatic carbocycles. The number of ether oxygens (including phenoxy) is 1. The molecule has 1 N–H and O–H groups in total. The van der Waals surface area contributed by atoms with Crippen molar-refractivity contribution >= 4 is 23.2 Å². The summed E-state index contributed by atoms with van der Waals surface area (Å²) in [4.78, 5) is 28.6. The number of carbonyl (C=O) groups excluding carboxylic acids is 2. The first-order chi connectivity index (χ1) is 13.2. The monoisotopic (exact) mass is 358 g/mol. The predicted molar refractivity (Wildman–Crippen MR) is 98.8 cm³/mol. The molecule has 0 bridgehead atoms. The van der Waals surface area contributed by atoms with Crippen LogP contribution in [-0.4, -0.2) is 26.5 Å². The van der Waals surface area contributed by atoms with E-state index >= 15 is 0 Å². The van der Waals surface area contributed by atoms with Gasteiger partial charge in [-0.25, -0.2) is 14.3 Å². The highest BCUT2D eigenvalue weighted by atomic mass is 16.5. The van der Waals surface area contributed by atoms with Crippen molar-refractivity contribution in [2.24, 2.45) is 0 Å². The fourth-order valence-electron chi connectivity index (χ4n) is 2.53. The van der Waals surface area contributed by atoms with Crippen molar-refractivity contribution in [2.45, 2.75) is 0 Å². The normalized spacial score (nSPS) is 10.5. The molecule has 1 amide bonds. The molecule has 0 unspecified atom stereocenters. The Labute approximate surface area is 154 Å². The summed E-state index contributed by atoms with van der Waals surface area (Å²) in [5, 5.41) is 6.85. The molecule has 132 valence electrons. The Bertz CT molecular complexity index is 1110. The number of fused-ring (bicyclic) bond motifs is 1. The van der Waals surface area contributed by atoms with Crippen LogP contribution in [0.4, 0.5) is 5.69 Å². The first-order valence-corrected chi connectivity index (χ1v) is 8.18. The number of carbonyl (C=O) groups is 2. The van der Waals surface area contributed by atoms with E-state index < -0.39 is 5.97 Å². The fourth-order valence-corrected chi connectivity index (χ4v) is 2.53.